The van der Waals surface area contributed by atoms with Crippen molar-refractivity contribution in [3.8, 4) is 5.75 Å². The van der Waals surface area contributed by atoms with Crippen molar-refractivity contribution < 1.29 is 19.4 Å². The fourth-order valence-electron chi connectivity index (χ4n) is 4.81. The van der Waals surface area contributed by atoms with E-state index in [1.807, 2.05) is 18.2 Å². The lowest BCUT2D eigenvalue weighted by Crippen LogP contribution is -2.56. The lowest BCUT2D eigenvalue weighted by molar-refractivity contribution is -0.145. The van der Waals surface area contributed by atoms with Crippen LogP contribution in [-0.4, -0.2) is 59.7 Å². The summed E-state index contributed by atoms with van der Waals surface area (Å²) in [6.45, 7) is 3.38. The van der Waals surface area contributed by atoms with Crippen molar-refractivity contribution in [2.45, 2.75) is 31.7 Å². The van der Waals surface area contributed by atoms with E-state index in [9.17, 15) is 14.7 Å². The molecule has 1 amide bonds. The number of benzene rings is 1. The van der Waals surface area contributed by atoms with E-state index in [0.29, 0.717) is 25.9 Å². The summed E-state index contributed by atoms with van der Waals surface area (Å²) in [5.41, 5.74) is 1.36. The maximum absolute atomic E-state index is 12.2. The van der Waals surface area contributed by atoms with E-state index in [1.54, 1.807) is 19.1 Å². The highest BCUT2D eigenvalue weighted by molar-refractivity contribution is 5.89. The van der Waals surface area contributed by atoms with Crippen molar-refractivity contribution in [1.29, 1.82) is 0 Å². The molecule has 1 atom stereocenters. The molecule has 0 radical (unpaired) electrons. The Kier molecular flexibility index (Phi) is 4.40. The van der Waals surface area contributed by atoms with Gasteiger partial charge < -0.3 is 19.6 Å². The number of rotatable bonds is 3. The highest BCUT2D eigenvalue weighted by Crippen LogP contribution is 2.43. The lowest BCUT2D eigenvalue weighted by Gasteiger charge is -2.45. The molecule has 2 aromatic rings. The molecule has 0 saturated carbocycles. The molecule has 28 heavy (non-hydrogen) atoms. The fourth-order valence-corrected chi connectivity index (χ4v) is 4.81. The van der Waals surface area contributed by atoms with E-state index in [-0.39, 0.29) is 12.3 Å². The number of carbonyl (C=O) groups excluding carboxylic acids is 1. The Morgan fingerprint density at radius 2 is 2.04 bits per heavy atom. The molecule has 4 rings (SSSR count). The number of anilines is 1. The van der Waals surface area contributed by atoms with Gasteiger partial charge in [-0.05, 0) is 37.5 Å². The Morgan fingerprint density at radius 1 is 1.32 bits per heavy atom. The first-order valence-electron chi connectivity index (χ1n) is 9.56. The molecule has 2 aliphatic heterocycles. The number of methoxy groups -OCH3 is 1. The van der Waals surface area contributed by atoms with Crippen LogP contribution in [0.25, 0.3) is 10.9 Å². The lowest BCUT2D eigenvalue weighted by atomic mass is 9.77. The van der Waals surface area contributed by atoms with Gasteiger partial charge in [0.1, 0.15) is 17.1 Å². The highest BCUT2D eigenvalue weighted by Gasteiger charge is 2.55. The van der Waals surface area contributed by atoms with Gasteiger partial charge in [0.05, 0.1) is 18.6 Å². The standard InChI is InChI=1S/C21H25N3O4/c1-13-11-17(22-19-14(13)5-4-6-16(19)28-3)24-9-7-21(8-10-24)15(20(26)27)12-18(25)23(21)2/h4-6,11,15H,7-10,12H2,1-3H3,(H,26,27). The number of aliphatic carboxylic acids is 1. The zero-order valence-corrected chi connectivity index (χ0v) is 16.4. The average Bonchev–Trinajstić information content (AvgIpc) is 2.93. The van der Waals surface area contributed by atoms with Gasteiger partial charge in [-0.25, -0.2) is 4.98 Å². The minimum Gasteiger partial charge on any atom is -0.494 e. The molecule has 7 nitrogen and oxygen atoms in total. The molecule has 1 N–H and O–H groups in total. The number of aromatic nitrogens is 1. The van der Waals surface area contributed by atoms with E-state index in [4.69, 9.17) is 9.72 Å². The van der Waals surface area contributed by atoms with E-state index >= 15 is 0 Å². The number of carboxylic acid groups (broad SMARTS) is 1. The first-order valence-corrected chi connectivity index (χ1v) is 9.56. The summed E-state index contributed by atoms with van der Waals surface area (Å²) in [6, 6.07) is 7.96. The molecule has 0 bridgehead atoms. The smallest absolute Gasteiger partial charge is 0.309 e. The minimum absolute atomic E-state index is 0.0785. The van der Waals surface area contributed by atoms with Gasteiger partial charge in [-0.2, -0.15) is 0 Å². The number of aryl methyl sites for hydroxylation is 1. The van der Waals surface area contributed by atoms with Crippen LogP contribution >= 0.6 is 0 Å². The number of hydrogen-bond acceptors (Lipinski definition) is 5. The Balaban J connectivity index is 1.64. The molecule has 1 spiro atoms. The third-order valence-electron chi connectivity index (χ3n) is 6.54. The van der Waals surface area contributed by atoms with Gasteiger partial charge in [-0.3, -0.25) is 9.59 Å². The van der Waals surface area contributed by atoms with Gasteiger partial charge >= 0.3 is 5.97 Å². The van der Waals surface area contributed by atoms with Crippen LogP contribution in [-0.2, 0) is 9.59 Å². The second-order valence-corrected chi connectivity index (χ2v) is 7.79. The molecule has 1 aromatic carbocycles. The maximum Gasteiger partial charge on any atom is 0.309 e. The van der Waals surface area contributed by atoms with Crippen molar-refractivity contribution in [3.63, 3.8) is 0 Å². The number of nitrogens with zero attached hydrogens (tertiary/aromatic N) is 3. The number of carboxylic acids is 1. The first-order chi connectivity index (χ1) is 13.4. The molecule has 3 heterocycles. The van der Waals surface area contributed by atoms with Crippen LogP contribution in [0.3, 0.4) is 0 Å². The van der Waals surface area contributed by atoms with Crippen molar-refractivity contribution in [2.24, 2.45) is 5.92 Å². The van der Waals surface area contributed by atoms with Gasteiger partial charge in [-0.1, -0.05) is 12.1 Å². The quantitative estimate of drug-likeness (QED) is 0.877. The van der Waals surface area contributed by atoms with Crippen LogP contribution in [0.5, 0.6) is 5.75 Å². The normalized spacial score (nSPS) is 21.5. The number of ether oxygens (including phenoxy) is 1. The molecule has 148 valence electrons. The Morgan fingerprint density at radius 3 is 2.68 bits per heavy atom. The van der Waals surface area contributed by atoms with Gasteiger partial charge in [0, 0.05) is 31.9 Å². The van der Waals surface area contributed by atoms with Gasteiger partial charge in [0.2, 0.25) is 5.91 Å². The molecule has 7 heteroatoms. The molecule has 2 aliphatic rings. The first kappa shape index (κ1) is 18.5. The second kappa shape index (κ2) is 6.65. The molecular formula is C21H25N3O4. The summed E-state index contributed by atoms with van der Waals surface area (Å²) in [5.74, 6) is 0.00515. The van der Waals surface area contributed by atoms with Crippen molar-refractivity contribution >= 4 is 28.6 Å². The Bertz CT molecular complexity index is 950. The Hall–Kier alpha value is -2.83. The zero-order valence-electron chi connectivity index (χ0n) is 16.4. The number of piperidine rings is 1. The van der Waals surface area contributed by atoms with Crippen molar-refractivity contribution in [2.75, 3.05) is 32.1 Å². The highest BCUT2D eigenvalue weighted by atomic mass is 16.5. The summed E-state index contributed by atoms with van der Waals surface area (Å²) in [7, 11) is 3.38. The number of amides is 1. The molecule has 1 aromatic heterocycles. The monoisotopic (exact) mass is 383 g/mol. The SMILES string of the molecule is COc1cccc2c(C)cc(N3CCC4(CC3)C(C(=O)O)CC(=O)N4C)nc12. The summed E-state index contributed by atoms with van der Waals surface area (Å²) < 4.78 is 5.48. The van der Waals surface area contributed by atoms with E-state index in [1.165, 1.54) is 0 Å². The molecule has 2 saturated heterocycles. The van der Waals surface area contributed by atoms with E-state index in [2.05, 4.69) is 17.9 Å². The van der Waals surface area contributed by atoms with E-state index < -0.39 is 17.4 Å². The molecular weight excluding hydrogens is 358 g/mol. The summed E-state index contributed by atoms with van der Waals surface area (Å²) >= 11 is 0. The van der Waals surface area contributed by atoms with Crippen LogP contribution in [0.2, 0.25) is 0 Å². The van der Waals surface area contributed by atoms with Crippen LogP contribution in [0, 0.1) is 12.8 Å². The number of pyridine rings is 1. The van der Waals surface area contributed by atoms with Crippen molar-refractivity contribution in [1.82, 2.24) is 9.88 Å². The summed E-state index contributed by atoms with van der Waals surface area (Å²) in [4.78, 5) is 32.6. The zero-order chi connectivity index (χ0) is 20.1. The predicted molar refractivity (Wildman–Crippen MR) is 106 cm³/mol. The number of carbonyl (C=O) groups is 2. The Labute approximate surface area is 163 Å². The molecule has 0 aliphatic carbocycles. The minimum atomic E-state index is -0.879. The maximum atomic E-state index is 12.2. The number of para-hydroxylation sites is 1. The third kappa shape index (κ3) is 2.68. The van der Waals surface area contributed by atoms with Crippen LogP contribution < -0.4 is 9.64 Å². The van der Waals surface area contributed by atoms with Gasteiger partial charge in [0.15, 0.2) is 0 Å². The number of hydrogen-bond donors (Lipinski definition) is 1. The number of likely N-dealkylation sites (tertiary alicyclic amines) is 1. The number of fused-ring (bicyclic) bond motifs is 1. The van der Waals surface area contributed by atoms with Gasteiger partial charge in [0.25, 0.3) is 0 Å². The third-order valence-corrected chi connectivity index (χ3v) is 6.54. The molecule has 2 fully saturated rings. The van der Waals surface area contributed by atoms with Crippen molar-refractivity contribution in [3.05, 3.63) is 29.8 Å². The predicted octanol–water partition coefficient (Wildman–Crippen LogP) is 2.45. The van der Waals surface area contributed by atoms with E-state index in [0.717, 1.165) is 28.0 Å². The summed E-state index contributed by atoms with van der Waals surface area (Å²) in [6.07, 6.45) is 1.34. The van der Waals surface area contributed by atoms with Crippen LogP contribution in [0.4, 0.5) is 5.82 Å². The summed E-state index contributed by atoms with van der Waals surface area (Å²) in [5, 5.41) is 10.7. The van der Waals surface area contributed by atoms with Gasteiger partial charge in [-0.15, -0.1) is 0 Å². The fraction of sp³-hybridized carbons (Fsp3) is 0.476. The topological polar surface area (TPSA) is 83.0 Å². The second-order valence-electron chi connectivity index (χ2n) is 7.79. The average molecular weight is 383 g/mol. The van der Waals surface area contributed by atoms with Crippen LogP contribution in [0.15, 0.2) is 24.3 Å². The largest absolute Gasteiger partial charge is 0.494 e. The van der Waals surface area contributed by atoms with Crippen LogP contribution in [0.1, 0.15) is 24.8 Å². The molecule has 1 unspecified atom stereocenters.